The Morgan fingerprint density at radius 2 is 1.92 bits per heavy atom. The van der Waals surface area contributed by atoms with Crippen molar-refractivity contribution in [3.05, 3.63) is 65.7 Å². The SMILES string of the molecule is N#CC(=C(O)COC(=O)c1ccc(O)cc1)c1nc2ccccc2[nH]1. The Labute approximate surface area is 142 Å². The lowest BCUT2D eigenvalue weighted by atomic mass is 10.2. The van der Waals surface area contributed by atoms with Crippen molar-refractivity contribution in [2.45, 2.75) is 0 Å². The summed E-state index contributed by atoms with van der Waals surface area (Å²) in [5.41, 5.74) is 1.49. The largest absolute Gasteiger partial charge is 0.508 e. The number of aromatic amines is 1. The van der Waals surface area contributed by atoms with Crippen molar-refractivity contribution in [1.29, 1.82) is 5.26 Å². The molecule has 2 aromatic carbocycles. The van der Waals surface area contributed by atoms with Crippen molar-refractivity contribution in [2.24, 2.45) is 0 Å². The van der Waals surface area contributed by atoms with Gasteiger partial charge in [0.25, 0.3) is 0 Å². The topological polar surface area (TPSA) is 119 Å². The second-order valence-corrected chi connectivity index (χ2v) is 5.16. The predicted molar refractivity (Wildman–Crippen MR) is 89.6 cm³/mol. The second kappa shape index (κ2) is 6.76. The number of aliphatic hydroxyl groups excluding tert-OH is 1. The summed E-state index contributed by atoms with van der Waals surface area (Å²) in [5, 5.41) is 28.6. The third-order valence-electron chi connectivity index (χ3n) is 3.47. The summed E-state index contributed by atoms with van der Waals surface area (Å²) in [6.07, 6.45) is 0. The number of aliphatic hydroxyl groups is 1. The van der Waals surface area contributed by atoms with Crippen LogP contribution in [0.1, 0.15) is 16.2 Å². The van der Waals surface area contributed by atoms with E-state index in [1.807, 2.05) is 18.2 Å². The van der Waals surface area contributed by atoms with E-state index in [0.717, 1.165) is 5.52 Å². The van der Waals surface area contributed by atoms with Gasteiger partial charge in [-0.2, -0.15) is 5.26 Å². The molecule has 3 aromatic rings. The van der Waals surface area contributed by atoms with Crippen molar-refractivity contribution in [3.8, 4) is 11.8 Å². The number of phenolic OH excluding ortho intramolecular Hbond substituents is 1. The number of aromatic hydroxyl groups is 1. The number of H-pyrrole nitrogens is 1. The number of nitrogens with one attached hydrogen (secondary N) is 1. The van der Waals surface area contributed by atoms with Crippen molar-refractivity contribution in [3.63, 3.8) is 0 Å². The first kappa shape index (κ1) is 16.1. The van der Waals surface area contributed by atoms with Crippen LogP contribution < -0.4 is 0 Å². The van der Waals surface area contributed by atoms with Crippen molar-refractivity contribution < 1.29 is 19.7 Å². The van der Waals surface area contributed by atoms with Gasteiger partial charge in [-0.05, 0) is 36.4 Å². The van der Waals surface area contributed by atoms with Gasteiger partial charge in [-0.1, -0.05) is 12.1 Å². The molecule has 0 amide bonds. The van der Waals surface area contributed by atoms with Gasteiger partial charge in [0.2, 0.25) is 0 Å². The molecule has 7 heteroatoms. The molecule has 0 aliphatic rings. The van der Waals surface area contributed by atoms with Gasteiger partial charge in [-0.25, -0.2) is 9.78 Å². The van der Waals surface area contributed by atoms with Crippen LogP contribution in [0, 0.1) is 11.3 Å². The molecule has 3 rings (SSSR count). The number of benzene rings is 2. The summed E-state index contributed by atoms with van der Waals surface area (Å²) in [5.74, 6) is -0.875. The number of nitriles is 1. The summed E-state index contributed by atoms with van der Waals surface area (Å²) in [6, 6.07) is 14.5. The van der Waals surface area contributed by atoms with E-state index in [1.54, 1.807) is 12.1 Å². The number of carbonyl (C=O) groups is 1. The predicted octanol–water partition coefficient (Wildman–Crippen LogP) is 2.92. The van der Waals surface area contributed by atoms with Crippen molar-refractivity contribution >= 4 is 22.6 Å². The van der Waals surface area contributed by atoms with Crippen LogP contribution in [-0.2, 0) is 4.74 Å². The van der Waals surface area contributed by atoms with Crippen LogP contribution in [0.15, 0.2) is 54.3 Å². The van der Waals surface area contributed by atoms with Gasteiger partial charge in [0, 0.05) is 0 Å². The highest BCUT2D eigenvalue weighted by Gasteiger charge is 2.15. The Kier molecular flexibility index (Phi) is 4.35. The van der Waals surface area contributed by atoms with E-state index in [4.69, 9.17) is 4.74 Å². The summed E-state index contributed by atoms with van der Waals surface area (Å²) < 4.78 is 4.99. The summed E-state index contributed by atoms with van der Waals surface area (Å²) in [7, 11) is 0. The molecule has 0 radical (unpaired) electrons. The van der Waals surface area contributed by atoms with Gasteiger partial charge < -0.3 is 19.9 Å². The maximum absolute atomic E-state index is 11.9. The van der Waals surface area contributed by atoms with Crippen LogP contribution in [0.25, 0.3) is 16.6 Å². The minimum atomic E-state index is -0.687. The normalized spacial score (nSPS) is 11.6. The van der Waals surface area contributed by atoms with E-state index in [1.165, 1.54) is 24.3 Å². The summed E-state index contributed by atoms with van der Waals surface area (Å²) in [4.78, 5) is 19.1. The third kappa shape index (κ3) is 3.43. The Bertz CT molecular complexity index is 964. The highest BCUT2D eigenvalue weighted by Crippen LogP contribution is 2.19. The number of imidazole rings is 1. The molecule has 0 saturated heterocycles. The molecule has 25 heavy (non-hydrogen) atoms. The maximum atomic E-state index is 11.9. The van der Waals surface area contributed by atoms with E-state index in [9.17, 15) is 20.3 Å². The Morgan fingerprint density at radius 3 is 2.60 bits per heavy atom. The highest BCUT2D eigenvalue weighted by atomic mass is 16.5. The number of esters is 1. The fourth-order valence-electron chi connectivity index (χ4n) is 2.21. The number of nitrogens with zero attached hydrogens (tertiary/aromatic N) is 2. The van der Waals surface area contributed by atoms with E-state index in [-0.39, 0.29) is 22.7 Å². The zero-order valence-electron chi connectivity index (χ0n) is 12.9. The van der Waals surface area contributed by atoms with Gasteiger partial charge >= 0.3 is 5.97 Å². The van der Waals surface area contributed by atoms with Crippen LogP contribution in [0.5, 0.6) is 5.75 Å². The summed E-state index contributed by atoms with van der Waals surface area (Å²) >= 11 is 0. The number of ether oxygens (including phenoxy) is 1. The Balaban J connectivity index is 1.78. The molecule has 0 bridgehead atoms. The Hall–Kier alpha value is -3.79. The number of hydrogen-bond donors (Lipinski definition) is 3. The van der Waals surface area contributed by atoms with Gasteiger partial charge in [0.15, 0.2) is 11.6 Å². The molecule has 0 atom stereocenters. The molecule has 7 nitrogen and oxygen atoms in total. The van der Waals surface area contributed by atoms with Gasteiger partial charge in [-0.15, -0.1) is 0 Å². The number of carbonyl (C=O) groups excluding carboxylic acids is 1. The van der Waals surface area contributed by atoms with E-state index in [0.29, 0.717) is 5.52 Å². The van der Waals surface area contributed by atoms with Crippen LogP contribution >= 0.6 is 0 Å². The monoisotopic (exact) mass is 335 g/mol. The average molecular weight is 335 g/mol. The standard InChI is InChI=1S/C18H13N3O4/c19-9-13(17-20-14-3-1-2-4-15(14)21-17)16(23)10-25-18(24)11-5-7-12(22)8-6-11/h1-8,22-23H,10H2,(H,20,21). The molecule has 0 saturated carbocycles. The van der Waals surface area contributed by atoms with E-state index in [2.05, 4.69) is 9.97 Å². The van der Waals surface area contributed by atoms with Gasteiger partial charge in [-0.3, -0.25) is 0 Å². The lowest BCUT2D eigenvalue weighted by Crippen LogP contribution is -2.09. The van der Waals surface area contributed by atoms with Crippen LogP contribution in [0.3, 0.4) is 0 Å². The molecule has 0 spiro atoms. The quantitative estimate of drug-likeness (QED) is 0.383. The lowest BCUT2D eigenvalue weighted by Gasteiger charge is -2.05. The first-order chi connectivity index (χ1) is 12.1. The van der Waals surface area contributed by atoms with Gasteiger partial charge in [0.05, 0.1) is 16.6 Å². The fourth-order valence-corrected chi connectivity index (χ4v) is 2.21. The Morgan fingerprint density at radius 1 is 1.20 bits per heavy atom. The molecule has 124 valence electrons. The number of para-hydroxylation sites is 2. The molecule has 0 fully saturated rings. The first-order valence-electron chi connectivity index (χ1n) is 7.32. The smallest absolute Gasteiger partial charge is 0.338 e. The van der Waals surface area contributed by atoms with Gasteiger partial charge in [0.1, 0.15) is 24.0 Å². The number of aromatic nitrogens is 2. The van der Waals surface area contributed by atoms with E-state index >= 15 is 0 Å². The maximum Gasteiger partial charge on any atom is 0.338 e. The minimum Gasteiger partial charge on any atom is -0.508 e. The number of allylic oxidation sites excluding steroid dienone is 1. The first-order valence-corrected chi connectivity index (χ1v) is 7.32. The van der Waals surface area contributed by atoms with Crippen molar-refractivity contribution in [2.75, 3.05) is 6.61 Å². The number of hydrogen-bond acceptors (Lipinski definition) is 6. The van der Waals surface area contributed by atoms with Crippen LogP contribution in [-0.4, -0.2) is 32.8 Å². The molecule has 3 N–H and O–H groups in total. The van der Waals surface area contributed by atoms with Crippen LogP contribution in [0.2, 0.25) is 0 Å². The number of fused-ring (bicyclic) bond motifs is 1. The molecule has 1 heterocycles. The molecular weight excluding hydrogens is 322 g/mol. The molecular formula is C18H13N3O4. The zero-order valence-corrected chi connectivity index (χ0v) is 12.9. The number of phenols is 1. The summed E-state index contributed by atoms with van der Waals surface area (Å²) in [6.45, 7) is -0.473. The lowest BCUT2D eigenvalue weighted by molar-refractivity contribution is 0.0503. The third-order valence-corrected chi connectivity index (χ3v) is 3.47. The molecule has 0 aliphatic carbocycles. The average Bonchev–Trinajstić information content (AvgIpc) is 3.04. The fraction of sp³-hybridized carbons (Fsp3) is 0.0556. The van der Waals surface area contributed by atoms with Crippen LogP contribution in [0.4, 0.5) is 0 Å². The van der Waals surface area contributed by atoms with Crippen molar-refractivity contribution in [1.82, 2.24) is 9.97 Å². The molecule has 0 aliphatic heterocycles. The minimum absolute atomic E-state index is 0.0240. The highest BCUT2D eigenvalue weighted by molar-refractivity contribution is 5.90. The second-order valence-electron chi connectivity index (χ2n) is 5.16. The van der Waals surface area contributed by atoms with E-state index < -0.39 is 18.3 Å². The zero-order chi connectivity index (χ0) is 17.8. The molecule has 0 unspecified atom stereocenters. The molecule has 1 aromatic heterocycles. The number of rotatable bonds is 4.